The van der Waals surface area contributed by atoms with E-state index in [-0.39, 0.29) is 11.2 Å². The maximum absolute atomic E-state index is 12.2. The second kappa shape index (κ2) is 4.89. The first-order valence-electron chi connectivity index (χ1n) is 6.01. The Hall–Kier alpha value is -2.48. The third kappa shape index (κ3) is 2.21. The lowest BCUT2D eigenvalue weighted by Crippen LogP contribution is -2.99. The highest BCUT2D eigenvalue weighted by Crippen LogP contribution is 2.12. The molecule has 3 aromatic rings. The van der Waals surface area contributed by atoms with E-state index in [4.69, 9.17) is 5.21 Å². The first kappa shape index (κ1) is 12.5. The standard InChI is InChI=1S/C13H12N4O3/c18-13-11-7-10(17(19)20)4-5-12(11)15-16(13)8-9-3-1-2-6-14-9/h1-7,15,17,19H,8H2. The third-order valence-corrected chi connectivity index (χ3v) is 3.04. The van der Waals surface area contributed by atoms with Crippen LogP contribution in [-0.2, 0) is 6.54 Å². The number of hydrogen-bond donors (Lipinski definition) is 3. The molecule has 102 valence electrons. The van der Waals surface area contributed by atoms with E-state index in [2.05, 4.69) is 10.1 Å². The normalized spacial score (nSPS) is 12.7. The summed E-state index contributed by atoms with van der Waals surface area (Å²) in [7, 11) is 0. The molecule has 0 saturated heterocycles. The highest BCUT2D eigenvalue weighted by Gasteiger charge is 2.10. The number of fused-ring (bicyclic) bond motifs is 1. The van der Waals surface area contributed by atoms with Gasteiger partial charge in [0.1, 0.15) is 0 Å². The van der Waals surface area contributed by atoms with Gasteiger partial charge in [0.2, 0.25) is 0 Å². The van der Waals surface area contributed by atoms with Gasteiger partial charge in [-0.1, -0.05) is 6.07 Å². The van der Waals surface area contributed by atoms with E-state index in [0.717, 1.165) is 5.69 Å². The Balaban J connectivity index is 2.05. The quantitative estimate of drug-likeness (QED) is 0.592. The molecule has 1 unspecified atom stereocenters. The zero-order chi connectivity index (χ0) is 14.1. The second-order valence-electron chi connectivity index (χ2n) is 4.39. The minimum atomic E-state index is -1.05. The first-order valence-corrected chi connectivity index (χ1v) is 6.01. The SMILES string of the molecule is O=c1c2cc([NH+]([O-])O)ccc2[nH]n1Cc1ccccn1. The van der Waals surface area contributed by atoms with Gasteiger partial charge in [-0.2, -0.15) is 5.23 Å². The van der Waals surface area contributed by atoms with E-state index < -0.39 is 5.23 Å². The van der Waals surface area contributed by atoms with E-state index in [1.54, 1.807) is 18.3 Å². The number of nitrogens with zero attached hydrogens (tertiary/aromatic N) is 2. The summed E-state index contributed by atoms with van der Waals surface area (Å²) in [4.78, 5) is 16.4. The van der Waals surface area contributed by atoms with Crippen molar-refractivity contribution in [1.82, 2.24) is 14.8 Å². The molecule has 0 aliphatic heterocycles. The van der Waals surface area contributed by atoms with Crippen molar-refractivity contribution in [2.75, 3.05) is 0 Å². The molecule has 0 fully saturated rings. The van der Waals surface area contributed by atoms with Gasteiger partial charge in [0.05, 0.1) is 23.1 Å². The average molecular weight is 272 g/mol. The Labute approximate surface area is 113 Å². The van der Waals surface area contributed by atoms with E-state index in [9.17, 15) is 10.0 Å². The summed E-state index contributed by atoms with van der Waals surface area (Å²) in [6.07, 6.45) is 1.66. The minimum absolute atomic E-state index is 0.0959. The molecular weight excluding hydrogens is 260 g/mol. The van der Waals surface area contributed by atoms with Gasteiger partial charge < -0.3 is 5.21 Å². The lowest BCUT2D eigenvalue weighted by atomic mass is 10.2. The van der Waals surface area contributed by atoms with Crippen LogP contribution >= 0.6 is 0 Å². The van der Waals surface area contributed by atoms with Gasteiger partial charge in [0.15, 0.2) is 5.69 Å². The summed E-state index contributed by atoms with van der Waals surface area (Å²) < 4.78 is 1.42. The van der Waals surface area contributed by atoms with Crippen molar-refractivity contribution in [3.05, 3.63) is 63.9 Å². The van der Waals surface area contributed by atoms with Gasteiger partial charge in [-0.25, -0.2) is 9.89 Å². The topological polar surface area (TPSA) is 98.4 Å². The lowest BCUT2D eigenvalue weighted by molar-refractivity contribution is -0.991. The summed E-state index contributed by atoms with van der Waals surface area (Å²) >= 11 is 0. The Morgan fingerprint density at radius 3 is 2.90 bits per heavy atom. The van der Waals surface area contributed by atoms with Crippen molar-refractivity contribution in [2.45, 2.75) is 6.54 Å². The van der Waals surface area contributed by atoms with Gasteiger partial charge in [0, 0.05) is 18.3 Å². The average Bonchev–Trinajstić information content (AvgIpc) is 2.76. The maximum Gasteiger partial charge on any atom is 0.274 e. The smallest absolute Gasteiger partial charge is 0.274 e. The van der Waals surface area contributed by atoms with Crippen molar-refractivity contribution in [2.24, 2.45) is 0 Å². The molecular formula is C13H12N4O3. The Kier molecular flexibility index (Phi) is 3.07. The number of aromatic amines is 1. The van der Waals surface area contributed by atoms with E-state index in [1.807, 2.05) is 12.1 Å². The molecule has 2 aromatic heterocycles. The Morgan fingerprint density at radius 1 is 1.35 bits per heavy atom. The van der Waals surface area contributed by atoms with Crippen LogP contribution in [0.3, 0.4) is 0 Å². The summed E-state index contributed by atoms with van der Waals surface area (Å²) in [6.45, 7) is 0.316. The molecule has 7 heteroatoms. The number of aromatic nitrogens is 3. The number of hydrogen-bond acceptors (Lipinski definition) is 4. The number of pyridine rings is 1. The molecule has 0 radical (unpaired) electrons. The molecule has 20 heavy (non-hydrogen) atoms. The molecule has 0 bridgehead atoms. The third-order valence-electron chi connectivity index (χ3n) is 3.04. The number of nitrogens with one attached hydrogen (secondary N) is 2. The molecule has 0 saturated carbocycles. The predicted octanol–water partition coefficient (Wildman–Crippen LogP) is 0.176. The summed E-state index contributed by atoms with van der Waals surface area (Å²) in [6, 6.07) is 9.90. The first-order chi connectivity index (χ1) is 9.65. The van der Waals surface area contributed by atoms with Crippen LogP contribution < -0.4 is 10.8 Å². The fourth-order valence-corrected chi connectivity index (χ4v) is 2.06. The highest BCUT2D eigenvalue weighted by atomic mass is 16.8. The van der Waals surface area contributed by atoms with Crippen LogP contribution in [0.25, 0.3) is 10.9 Å². The van der Waals surface area contributed by atoms with Crippen LogP contribution in [0, 0.1) is 5.21 Å². The summed E-state index contributed by atoms with van der Waals surface area (Å²) in [5.74, 6) is 0. The molecule has 3 N–H and O–H groups in total. The Morgan fingerprint density at radius 2 is 2.20 bits per heavy atom. The summed E-state index contributed by atoms with van der Waals surface area (Å²) in [5, 5.41) is 22.1. The lowest BCUT2D eigenvalue weighted by Gasteiger charge is -2.10. The Bertz CT molecular complexity index is 792. The predicted molar refractivity (Wildman–Crippen MR) is 71.7 cm³/mol. The van der Waals surface area contributed by atoms with Gasteiger partial charge >= 0.3 is 0 Å². The van der Waals surface area contributed by atoms with Crippen LogP contribution in [0.4, 0.5) is 5.69 Å². The molecule has 1 aromatic carbocycles. The molecule has 0 spiro atoms. The number of rotatable bonds is 3. The van der Waals surface area contributed by atoms with E-state index in [1.165, 1.54) is 16.8 Å². The van der Waals surface area contributed by atoms with Crippen molar-refractivity contribution in [3.8, 4) is 0 Å². The fraction of sp³-hybridized carbons (Fsp3) is 0.0769. The van der Waals surface area contributed by atoms with E-state index in [0.29, 0.717) is 17.4 Å². The molecule has 7 nitrogen and oxygen atoms in total. The second-order valence-corrected chi connectivity index (χ2v) is 4.39. The zero-order valence-corrected chi connectivity index (χ0v) is 10.4. The van der Waals surface area contributed by atoms with Crippen LogP contribution in [0.2, 0.25) is 0 Å². The molecule has 1 atom stereocenters. The monoisotopic (exact) mass is 272 g/mol. The fourth-order valence-electron chi connectivity index (χ4n) is 2.06. The van der Waals surface area contributed by atoms with Crippen molar-refractivity contribution in [1.29, 1.82) is 0 Å². The van der Waals surface area contributed by atoms with Gasteiger partial charge in [-0.3, -0.25) is 14.9 Å². The number of H-pyrrole nitrogens is 1. The summed E-state index contributed by atoms with van der Waals surface area (Å²) in [5.41, 5.74) is 1.20. The van der Waals surface area contributed by atoms with Gasteiger partial charge in [0.25, 0.3) is 5.56 Å². The highest BCUT2D eigenvalue weighted by molar-refractivity contribution is 5.80. The van der Waals surface area contributed by atoms with Gasteiger partial charge in [-0.15, -0.1) is 0 Å². The van der Waals surface area contributed by atoms with Gasteiger partial charge in [-0.05, 0) is 18.2 Å². The minimum Gasteiger partial charge on any atom is -0.595 e. The van der Waals surface area contributed by atoms with E-state index >= 15 is 0 Å². The molecule has 0 amide bonds. The molecule has 0 aliphatic rings. The molecule has 0 aliphatic carbocycles. The van der Waals surface area contributed by atoms with Crippen LogP contribution in [-0.4, -0.2) is 20.0 Å². The molecule has 3 rings (SSSR count). The largest absolute Gasteiger partial charge is 0.595 e. The zero-order valence-electron chi connectivity index (χ0n) is 10.4. The number of quaternary nitrogens is 1. The van der Waals surface area contributed by atoms with Crippen LogP contribution in [0.1, 0.15) is 5.69 Å². The van der Waals surface area contributed by atoms with Crippen molar-refractivity contribution in [3.63, 3.8) is 0 Å². The van der Waals surface area contributed by atoms with Crippen molar-refractivity contribution < 1.29 is 10.4 Å². The van der Waals surface area contributed by atoms with Crippen molar-refractivity contribution >= 4 is 16.6 Å². The number of benzene rings is 1. The maximum atomic E-state index is 12.2. The van der Waals surface area contributed by atoms with Crippen LogP contribution in [0.15, 0.2) is 47.4 Å². The molecule has 2 heterocycles. The van der Waals surface area contributed by atoms with Crippen LogP contribution in [0.5, 0.6) is 0 Å².